The van der Waals surface area contributed by atoms with Crippen molar-refractivity contribution in [2.75, 3.05) is 19.4 Å². The number of aromatic amines is 1. The van der Waals surface area contributed by atoms with Gasteiger partial charge in [-0.25, -0.2) is 14.8 Å². The first-order chi connectivity index (χ1) is 13.0. The molecule has 3 atom stereocenters. The zero-order valence-electron chi connectivity index (χ0n) is 14.4. The fraction of sp³-hybridized carbons (Fsp3) is 0.500. The number of aromatic nitrogens is 3. The molecule has 2 aromatic heterocycles. The van der Waals surface area contributed by atoms with E-state index < -0.39 is 6.09 Å². The summed E-state index contributed by atoms with van der Waals surface area (Å²) in [7, 11) is 0. The molecule has 2 aromatic rings. The van der Waals surface area contributed by atoms with Gasteiger partial charge in [0.1, 0.15) is 17.1 Å². The molecule has 2 fully saturated rings. The molecule has 27 heavy (non-hydrogen) atoms. The Morgan fingerprint density at radius 1 is 1.48 bits per heavy atom. The monoisotopic (exact) mass is 411 g/mol. The average molecular weight is 412 g/mol. The van der Waals surface area contributed by atoms with Crippen LogP contribution in [0.25, 0.3) is 10.9 Å². The molecular weight excluding hydrogens is 394 g/mol. The number of fused-ring (bicyclic) bond motifs is 3. The number of ether oxygens (including phenoxy) is 1. The molecule has 3 N–H and O–H groups in total. The molecule has 4 rings (SSSR count). The summed E-state index contributed by atoms with van der Waals surface area (Å²) in [4.78, 5) is 36.6. The second kappa shape index (κ2) is 7.17. The SMILES string of the molecule is CSc1nc2cc(Cl)nc(OC[C@@H]3NC[C@H]4CC[C@@H]3N4C(=O)O)c2c(=O)[nH]1. The number of rotatable bonds is 4. The number of carboxylic acid groups (broad SMARTS) is 1. The standard InChI is InChI=1S/C16H18ClN5O4S/c1-27-15-19-8-4-11(17)20-14(12(8)13(23)21-15)26-6-9-10-3-2-7(5-18-9)22(10)16(24)25/h4,7,9-10,18H,2-3,5-6H2,1H3,(H,24,25)(H,19,21,23)/t7-,9+,10+/m1/s1. The second-order valence-electron chi connectivity index (χ2n) is 6.53. The molecular formula is C16H18ClN5O4S. The Morgan fingerprint density at radius 3 is 3.04 bits per heavy atom. The molecule has 11 heteroatoms. The molecule has 0 unspecified atom stereocenters. The van der Waals surface area contributed by atoms with E-state index in [4.69, 9.17) is 16.3 Å². The minimum atomic E-state index is -0.912. The average Bonchev–Trinajstić information content (AvgIpc) is 2.95. The van der Waals surface area contributed by atoms with Crippen LogP contribution < -0.4 is 15.6 Å². The number of H-pyrrole nitrogens is 1. The molecule has 0 saturated carbocycles. The lowest BCUT2D eigenvalue weighted by Gasteiger charge is -2.38. The van der Waals surface area contributed by atoms with Crippen LogP contribution in [0.3, 0.4) is 0 Å². The fourth-order valence-electron chi connectivity index (χ4n) is 3.85. The molecule has 0 radical (unpaired) electrons. The van der Waals surface area contributed by atoms with Crippen LogP contribution in [-0.4, -0.2) is 68.6 Å². The van der Waals surface area contributed by atoms with Gasteiger partial charge < -0.3 is 20.1 Å². The first-order valence-corrected chi connectivity index (χ1v) is 10.1. The minimum absolute atomic E-state index is 0.00545. The first kappa shape index (κ1) is 18.3. The second-order valence-corrected chi connectivity index (χ2v) is 7.72. The molecule has 4 heterocycles. The van der Waals surface area contributed by atoms with E-state index in [1.54, 1.807) is 0 Å². The lowest BCUT2D eigenvalue weighted by atomic mass is 10.1. The number of halogens is 1. The summed E-state index contributed by atoms with van der Waals surface area (Å²) in [5.41, 5.74) is 0.0519. The highest BCUT2D eigenvalue weighted by atomic mass is 35.5. The highest BCUT2D eigenvalue weighted by Gasteiger charge is 2.45. The van der Waals surface area contributed by atoms with Crippen molar-refractivity contribution < 1.29 is 14.6 Å². The van der Waals surface area contributed by atoms with Crippen molar-refractivity contribution in [3.8, 4) is 5.88 Å². The Balaban J connectivity index is 1.61. The van der Waals surface area contributed by atoms with Gasteiger partial charge in [0.25, 0.3) is 5.56 Å². The van der Waals surface area contributed by atoms with Crippen LogP contribution in [0.1, 0.15) is 12.8 Å². The van der Waals surface area contributed by atoms with Gasteiger partial charge in [0.05, 0.1) is 17.6 Å². The van der Waals surface area contributed by atoms with Gasteiger partial charge in [-0.15, -0.1) is 0 Å². The number of nitrogens with zero attached hydrogens (tertiary/aromatic N) is 3. The Labute approximate surface area is 163 Å². The third-order valence-corrected chi connectivity index (χ3v) is 5.82. The van der Waals surface area contributed by atoms with Gasteiger partial charge in [-0.2, -0.15) is 0 Å². The van der Waals surface area contributed by atoms with E-state index in [1.165, 1.54) is 22.7 Å². The highest BCUT2D eigenvalue weighted by Crippen LogP contribution is 2.31. The number of hydrogen-bond donors (Lipinski definition) is 3. The van der Waals surface area contributed by atoms with Crippen molar-refractivity contribution in [1.29, 1.82) is 0 Å². The maximum atomic E-state index is 12.4. The van der Waals surface area contributed by atoms with Crippen molar-refractivity contribution in [1.82, 2.24) is 25.2 Å². The maximum absolute atomic E-state index is 12.4. The molecule has 2 aliphatic rings. The van der Waals surface area contributed by atoms with E-state index in [2.05, 4.69) is 20.3 Å². The fourth-order valence-corrected chi connectivity index (χ4v) is 4.41. The summed E-state index contributed by atoms with van der Waals surface area (Å²) in [6, 6.07) is 1.18. The predicted molar refractivity (Wildman–Crippen MR) is 101 cm³/mol. The third kappa shape index (κ3) is 3.32. The largest absolute Gasteiger partial charge is 0.475 e. The van der Waals surface area contributed by atoms with E-state index in [1.807, 2.05) is 6.26 Å². The summed E-state index contributed by atoms with van der Waals surface area (Å²) in [5.74, 6) is 0.0997. The van der Waals surface area contributed by atoms with E-state index >= 15 is 0 Å². The molecule has 0 spiro atoms. The van der Waals surface area contributed by atoms with Gasteiger partial charge in [0, 0.05) is 18.7 Å². The number of nitrogens with one attached hydrogen (secondary N) is 2. The summed E-state index contributed by atoms with van der Waals surface area (Å²) < 4.78 is 5.83. The Morgan fingerprint density at radius 2 is 2.30 bits per heavy atom. The molecule has 2 saturated heterocycles. The van der Waals surface area contributed by atoms with Crippen molar-refractivity contribution >= 4 is 40.4 Å². The summed E-state index contributed by atoms with van der Waals surface area (Å²) in [6.07, 6.45) is 2.51. The highest BCUT2D eigenvalue weighted by molar-refractivity contribution is 7.98. The van der Waals surface area contributed by atoms with Gasteiger partial charge in [0.2, 0.25) is 5.88 Å². The molecule has 1 amide bonds. The number of thioether (sulfide) groups is 1. The van der Waals surface area contributed by atoms with Crippen LogP contribution in [-0.2, 0) is 0 Å². The first-order valence-electron chi connectivity index (χ1n) is 8.50. The van der Waals surface area contributed by atoms with Gasteiger partial charge in [-0.3, -0.25) is 9.69 Å². The third-order valence-electron chi connectivity index (χ3n) is 5.04. The number of carbonyl (C=O) groups is 1. The van der Waals surface area contributed by atoms with E-state index in [0.29, 0.717) is 17.2 Å². The molecule has 0 aromatic carbocycles. The van der Waals surface area contributed by atoms with E-state index in [-0.39, 0.29) is 46.7 Å². The quantitative estimate of drug-likeness (QED) is 0.393. The molecule has 9 nitrogen and oxygen atoms in total. The zero-order valence-corrected chi connectivity index (χ0v) is 16.0. The van der Waals surface area contributed by atoms with Crippen molar-refractivity contribution in [2.45, 2.75) is 36.1 Å². The van der Waals surface area contributed by atoms with Gasteiger partial charge in [-0.1, -0.05) is 23.4 Å². The lowest BCUT2D eigenvalue weighted by molar-refractivity contribution is 0.0779. The number of piperazine rings is 1. The Kier molecular flexibility index (Phi) is 4.87. The molecule has 2 aliphatic heterocycles. The topological polar surface area (TPSA) is 120 Å². The van der Waals surface area contributed by atoms with Gasteiger partial charge >= 0.3 is 6.09 Å². The summed E-state index contributed by atoms with van der Waals surface area (Å²) >= 11 is 7.38. The number of pyridine rings is 1. The van der Waals surface area contributed by atoms with E-state index in [0.717, 1.165) is 12.8 Å². The van der Waals surface area contributed by atoms with Crippen molar-refractivity contribution in [3.05, 3.63) is 21.6 Å². The normalized spacial score (nSPS) is 24.4. The minimum Gasteiger partial charge on any atom is -0.475 e. The predicted octanol–water partition coefficient (Wildman–Crippen LogP) is 1.55. The van der Waals surface area contributed by atoms with Crippen LogP contribution in [0.5, 0.6) is 5.88 Å². The number of hydrogen-bond acceptors (Lipinski definition) is 7. The summed E-state index contributed by atoms with van der Waals surface area (Å²) in [5, 5.41) is 13.7. The van der Waals surface area contributed by atoms with Crippen LogP contribution in [0, 0.1) is 0 Å². The van der Waals surface area contributed by atoms with Crippen LogP contribution in [0.15, 0.2) is 16.0 Å². The lowest BCUT2D eigenvalue weighted by Crippen LogP contribution is -2.61. The van der Waals surface area contributed by atoms with Crippen molar-refractivity contribution in [3.63, 3.8) is 0 Å². The van der Waals surface area contributed by atoms with Gasteiger partial charge in [0.15, 0.2) is 5.16 Å². The van der Waals surface area contributed by atoms with E-state index in [9.17, 15) is 14.7 Å². The number of amides is 1. The molecule has 144 valence electrons. The smallest absolute Gasteiger partial charge is 0.407 e. The Bertz CT molecular complexity index is 954. The van der Waals surface area contributed by atoms with Crippen molar-refractivity contribution in [2.24, 2.45) is 0 Å². The molecule has 2 bridgehead atoms. The van der Waals surface area contributed by atoms with Crippen LogP contribution >= 0.6 is 23.4 Å². The maximum Gasteiger partial charge on any atom is 0.407 e. The van der Waals surface area contributed by atoms with Crippen LogP contribution in [0.4, 0.5) is 4.79 Å². The zero-order chi connectivity index (χ0) is 19.1. The Hall–Kier alpha value is -2.04. The summed E-state index contributed by atoms with van der Waals surface area (Å²) in [6.45, 7) is 0.757. The van der Waals surface area contributed by atoms with Crippen LogP contribution in [0.2, 0.25) is 5.15 Å². The molecule has 0 aliphatic carbocycles. The van der Waals surface area contributed by atoms with Gasteiger partial charge in [-0.05, 0) is 19.1 Å².